The third-order valence-electron chi connectivity index (χ3n) is 5.44. The number of amides is 1. The van der Waals surface area contributed by atoms with Crippen LogP contribution in [0.25, 0.3) is 22.8 Å². The molecule has 2 heterocycles. The van der Waals surface area contributed by atoms with Gasteiger partial charge in [-0.25, -0.2) is 0 Å². The van der Waals surface area contributed by atoms with Crippen LogP contribution in [0, 0.1) is 5.92 Å². The summed E-state index contributed by atoms with van der Waals surface area (Å²) < 4.78 is 11.1. The number of nitrogens with one attached hydrogen (secondary N) is 1. The molecule has 0 spiro atoms. The van der Waals surface area contributed by atoms with Gasteiger partial charge in [0.15, 0.2) is 0 Å². The van der Waals surface area contributed by atoms with Crippen LogP contribution in [0.15, 0.2) is 59.1 Å². The molecule has 2 aromatic carbocycles. The van der Waals surface area contributed by atoms with Crippen molar-refractivity contribution in [3.05, 3.63) is 60.2 Å². The van der Waals surface area contributed by atoms with Crippen LogP contribution in [0.1, 0.15) is 23.2 Å². The number of rotatable bonds is 4. The summed E-state index contributed by atoms with van der Waals surface area (Å²) in [6, 6.07) is 17.1. The SMILES string of the molecule is O=C(N[C@@H]1C[C@H]2OCC[C@@H]12)c1ccccc1-c1nc(-c2ccccc2)no1. The molecule has 6 heteroatoms. The first kappa shape index (κ1) is 16.2. The number of fused-ring (bicyclic) bond motifs is 1. The van der Waals surface area contributed by atoms with E-state index in [1.54, 1.807) is 6.07 Å². The van der Waals surface area contributed by atoms with Crippen molar-refractivity contribution in [1.82, 2.24) is 15.5 Å². The Balaban J connectivity index is 1.40. The van der Waals surface area contributed by atoms with Crippen LogP contribution >= 0.6 is 0 Å². The molecular formula is C21H19N3O3. The van der Waals surface area contributed by atoms with Crippen LogP contribution in [0.2, 0.25) is 0 Å². The predicted molar refractivity (Wildman–Crippen MR) is 98.9 cm³/mol. The maximum Gasteiger partial charge on any atom is 0.259 e. The lowest BCUT2D eigenvalue weighted by Crippen LogP contribution is -2.53. The molecular weight excluding hydrogens is 342 g/mol. The van der Waals surface area contributed by atoms with E-state index in [-0.39, 0.29) is 11.9 Å². The molecule has 1 saturated carbocycles. The molecule has 136 valence electrons. The number of hydrogen-bond acceptors (Lipinski definition) is 5. The van der Waals surface area contributed by atoms with Gasteiger partial charge in [-0.3, -0.25) is 4.79 Å². The topological polar surface area (TPSA) is 77.2 Å². The Morgan fingerprint density at radius 2 is 1.89 bits per heavy atom. The Morgan fingerprint density at radius 1 is 1.07 bits per heavy atom. The third kappa shape index (κ3) is 2.92. The highest BCUT2D eigenvalue weighted by atomic mass is 16.5. The van der Waals surface area contributed by atoms with Gasteiger partial charge in [0.05, 0.1) is 17.2 Å². The highest BCUT2D eigenvalue weighted by Crippen LogP contribution is 2.38. The molecule has 2 fully saturated rings. The van der Waals surface area contributed by atoms with Crippen LogP contribution in [0.5, 0.6) is 0 Å². The summed E-state index contributed by atoms with van der Waals surface area (Å²) >= 11 is 0. The second kappa shape index (κ2) is 6.63. The van der Waals surface area contributed by atoms with Crippen molar-refractivity contribution >= 4 is 5.91 Å². The lowest BCUT2D eigenvalue weighted by atomic mass is 9.76. The number of hydrogen-bond donors (Lipinski definition) is 1. The van der Waals surface area contributed by atoms with Gasteiger partial charge < -0.3 is 14.6 Å². The molecule has 0 unspecified atom stereocenters. The lowest BCUT2D eigenvalue weighted by Gasteiger charge is -2.39. The van der Waals surface area contributed by atoms with E-state index in [4.69, 9.17) is 9.26 Å². The second-order valence-corrected chi connectivity index (χ2v) is 7.01. The molecule has 27 heavy (non-hydrogen) atoms. The van der Waals surface area contributed by atoms with E-state index in [0.717, 1.165) is 25.0 Å². The van der Waals surface area contributed by atoms with Crippen molar-refractivity contribution in [2.45, 2.75) is 25.0 Å². The minimum absolute atomic E-state index is 0.111. The highest BCUT2D eigenvalue weighted by molar-refractivity contribution is 6.00. The van der Waals surface area contributed by atoms with E-state index in [1.165, 1.54) is 0 Å². The van der Waals surface area contributed by atoms with E-state index in [2.05, 4.69) is 15.5 Å². The van der Waals surface area contributed by atoms with E-state index >= 15 is 0 Å². The summed E-state index contributed by atoms with van der Waals surface area (Å²) in [7, 11) is 0. The molecule has 2 aliphatic rings. The molecule has 1 amide bonds. The summed E-state index contributed by atoms with van der Waals surface area (Å²) in [4.78, 5) is 17.3. The maximum atomic E-state index is 12.9. The molecule has 3 aromatic rings. The Kier molecular flexibility index (Phi) is 3.98. The van der Waals surface area contributed by atoms with Crippen molar-refractivity contribution in [3.63, 3.8) is 0 Å². The smallest absolute Gasteiger partial charge is 0.259 e. The zero-order valence-corrected chi connectivity index (χ0v) is 14.7. The predicted octanol–water partition coefficient (Wildman–Crippen LogP) is 3.31. The van der Waals surface area contributed by atoms with Gasteiger partial charge in [-0.15, -0.1) is 0 Å². The quantitative estimate of drug-likeness (QED) is 0.771. The summed E-state index contributed by atoms with van der Waals surface area (Å²) in [5, 5.41) is 7.20. The van der Waals surface area contributed by atoms with Gasteiger partial charge in [0.2, 0.25) is 5.82 Å². The number of carbonyl (C=O) groups is 1. The minimum Gasteiger partial charge on any atom is -0.378 e. The monoisotopic (exact) mass is 361 g/mol. The van der Waals surface area contributed by atoms with Crippen molar-refractivity contribution in [3.8, 4) is 22.8 Å². The van der Waals surface area contributed by atoms with Crippen molar-refractivity contribution in [2.24, 2.45) is 5.92 Å². The molecule has 0 bridgehead atoms. The van der Waals surface area contributed by atoms with Crippen molar-refractivity contribution < 1.29 is 14.1 Å². The molecule has 6 nitrogen and oxygen atoms in total. The first-order valence-corrected chi connectivity index (χ1v) is 9.20. The largest absolute Gasteiger partial charge is 0.378 e. The van der Waals surface area contributed by atoms with Crippen LogP contribution < -0.4 is 5.32 Å². The standard InChI is InChI=1S/C21H19N3O3/c25-20(22-17-12-18-16(17)10-11-26-18)14-8-4-5-9-15(14)21-23-19(24-27-21)13-6-2-1-3-7-13/h1-9,16-18H,10-12H2,(H,22,25)/t16-,17+,18+/m0/s1. The molecule has 5 rings (SSSR count). The number of carbonyl (C=O) groups excluding carboxylic acids is 1. The Hall–Kier alpha value is -2.99. The fourth-order valence-electron chi connectivity index (χ4n) is 3.91. The van der Waals surface area contributed by atoms with Gasteiger partial charge >= 0.3 is 0 Å². The van der Waals surface area contributed by atoms with Crippen molar-refractivity contribution in [2.75, 3.05) is 6.61 Å². The molecule has 0 radical (unpaired) electrons. The van der Waals surface area contributed by atoms with Gasteiger partial charge in [-0.1, -0.05) is 47.6 Å². The molecule has 3 atom stereocenters. The molecule has 1 aromatic heterocycles. The molecule has 1 aliphatic carbocycles. The van der Waals surface area contributed by atoms with E-state index in [9.17, 15) is 4.79 Å². The summed E-state index contributed by atoms with van der Waals surface area (Å²) in [5.41, 5.74) is 2.06. The van der Waals surface area contributed by atoms with Gasteiger partial charge in [0.1, 0.15) is 0 Å². The van der Waals surface area contributed by atoms with Crippen LogP contribution in [-0.4, -0.2) is 34.8 Å². The fourth-order valence-corrected chi connectivity index (χ4v) is 3.91. The van der Waals surface area contributed by atoms with Gasteiger partial charge in [-0.2, -0.15) is 4.98 Å². The Labute approximate surface area is 156 Å². The van der Waals surface area contributed by atoms with Crippen LogP contribution in [0.3, 0.4) is 0 Å². The van der Waals surface area contributed by atoms with E-state index < -0.39 is 0 Å². The number of ether oxygens (including phenoxy) is 1. The minimum atomic E-state index is -0.111. The van der Waals surface area contributed by atoms with Gasteiger partial charge in [-0.05, 0) is 25.0 Å². The number of benzene rings is 2. The normalized spacial score (nSPS) is 23.5. The Morgan fingerprint density at radius 3 is 2.74 bits per heavy atom. The fraction of sp³-hybridized carbons (Fsp3) is 0.286. The molecule has 1 saturated heterocycles. The first-order valence-electron chi connectivity index (χ1n) is 9.20. The maximum absolute atomic E-state index is 12.9. The van der Waals surface area contributed by atoms with E-state index in [1.807, 2.05) is 48.5 Å². The zero-order valence-electron chi connectivity index (χ0n) is 14.7. The molecule has 1 N–H and O–H groups in total. The number of nitrogens with zero attached hydrogens (tertiary/aromatic N) is 2. The Bertz CT molecular complexity index is 970. The van der Waals surface area contributed by atoms with Crippen LogP contribution in [0.4, 0.5) is 0 Å². The molecule has 1 aliphatic heterocycles. The van der Waals surface area contributed by atoms with Gasteiger partial charge in [0, 0.05) is 24.1 Å². The first-order chi connectivity index (χ1) is 13.3. The summed E-state index contributed by atoms with van der Waals surface area (Å²) in [6.07, 6.45) is 2.22. The summed E-state index contributed by atoms with van der Waals surface area (Å²) in [5.74, 6) is 1.18. The van der Waals surface area contributed by atoms with E-state index in [0.29, 0.717) is 34.9 Å². The second-order valence-electron chi connectivity index (χ2n) is 7.01. The van der Waals surface area contributed by atoms with Crippen LogP contribution in [-0.2, 0) is 4.74 Å². The average molecular weight is 361 g/mol. The number of aromatic nitrogens is 2. The lowest BCUT2D eigenvalue weighted by molar-refractivity contribution is 0.00810. The zero-order chi connectivity index (χ0) is 18.2. The highest BCUT2D eigenvalue weighted by Gasteiger charge is 2.45. The average Bonchev–Trinajstić information content (AvgIpc) is 3.34. The summed E-state index contributed by atoms with van der Waals surface area (Å²) in [6.45, 7) is 0.794. The van der Waals surface area contributed by atoms with Crippen molar-refractivity contribution in [1.29, 1.82) is 0 Å². The van der Waals surface area contributed by atoms with Gasteiger partial charge in [0.25, 0.3) is 11.8 Å². The third-order valence-corrected chi connectivity index (χ3v) is 5.44.